The second-order valence-electron chi connectivity index (χ2n) is 3.52. The Kier molecular flexibility index (Phi) is 1.86. The lowest BCUT2D eigenvalue weighted by atomic mass is 9.93. The van der Waals surface area contributed by atoms with Crippen LogP contribution in [-0.2, 0) is 14.3 Å². The fourth-order valence-corrected chi connectivity index (χ4v) is 2.22. The summed E-state index contributed by atoms with van der Waals surface area (Å²) in [6.07, 6.45) is 1.12. The minimum absolute atomic E-state index is 0.118. The minimum atomic E-state index is -0.499. The average Bonchev–Trinajstić information content (AvgIpc) is 2.59. The van der Waals surface area contributed by atoms with Crippen molar-refractivity contribution < 1.29 is 14.3 Å². The Morgan fingerprint density at radius 3 is 2.92 bits per heavy atom. The van der Waals surface area contributed by atoms with Crippen molar-refractivity contribution in [3.8, 4) is 0 Å². The fourth-order valence-electron chi connectivity index (χ4n) is 2.22. The number of hydrogen-bond acceptors (Lipinski definition) is 5. The zero-order valence-electron chi connectivity index (χ0n) is 6.88. The molecule has 4 atom stereocenters. The fraction of sp³-hybridized carbons (Fsp3) is 0.750. The van der Waals surface area contributed by atoms with E-state index in [2.05, 4.69) is 5.18 Å². The predicted octanol–water partition coefficient (Wildman–Crippen LogP) is 0.272. The van der Waals surface area contributed by atoms with Crippen LogP contribution in [0.3, 0.4) is 0 Å². The highest BCUT2D eigenvalue weighted by Gasteiger charge is 2.50. The van der Waals surface area contributed by atoms with Gasteiger partial charge in [0.2, 0.25) is 0 Å². The highest BCUT2D eigenvalue weighted by molar-refractivity contribution is 5.74. The third-order valence-electron chi connectivity index (χ3n) is 2.87. The van der Waals surface area contributed by atoms with Crippen molar-refractivity contribution in [2.75, 3.05) is 0 Å². The number of aldehydes is 1. The molecule has 0 aromatic heterocycles. The van der Waals surface area contributed by atoms with Crippen LogP contribution in [-0.4, -0.2) is 24.4 Å². The summed E-state index contributed by atoms with van der Waals surface area (Å²) in [5, 5.41) is 2.87. The molecule has 0 aromatic carbocycles. The number of hydrogen-bond donors (Lipinski definition) is 0. The van der Waals surface area contributed by atoms with E-state index >= 15 is 0 Å². The molecule has 0 aromatic rings. The molecule has 2 rings (SSSR count). The summed E-state index contributed by atoms with van der Waals surface area (Å²) in [4.78, 5) is 31.9. The molecular formula is C8H9NO4. The molecule has 2 fully saturated rings. The minimum Gasteiger partial charge on any atom is -0.462 e. The first-order chi connectivity index (χ1) is 6.26. The summed E-state index contributed by atoms with van der Waals surface area (Å²) < 4.78 is 4.95. The molecule has 5 nitrogen and oxygen atoms in total. The Labute approximate surface area is 74.4 Å². The van der Waals surface area contributed by atoms with E-state index in [1.165, 1.54) is 0 Å². The van der Waals surface area contributed by atoms with Gasteiger partial charge in [-0.25, -0.2) is 0 Å². The van der Waals surface area contributed by atoms with Gasteiger partial charge in [-0.3, -0.25) is 4.79 Å². The van der Waals surface area contributed by atoms with Gasteiger partial charge >= 0.3 is 5.97 Å². The van der Waals surface area contributed by atoms with Gasteiger partial charge in [0, 0.05) is 18.3 Å². The van der Waals surface area contributed by atoms with Crippen LogP contribution in [0.5, 0.6) is 0 Å². The van der Waals surface area contributed by atoms with Gasteiger partial charge in [0.15, 0.2) is 0 Å². The third-order valence-corrected chi connectivity index (χ3v) is 2.87. The molecule has 70 valence electrons. The van der Waals surface area contributed by atoms with E-state index in [1.54, 1.807) is 0 Å². The second-order valence-corrected chi connectivity index (χ2v) is 3.52. The number of rotatable bonds is 2. The molecule has 0 unspecified atom stereocenters. The van der Waals surface area contributed by atoms with Crippen LogP contribution in [0.1, 0.15) is 12.8 Å². The van der Waals surface area contributed by atoms with Crippen LogP contribution in [0.2, 0.25) is 0 Å². The van der Waals surface area contributed by atoms with E-state index in [4.69, 9.17) is 4.74 Å². The molecular weight excluding hydrogens is 174 g/mol. The maximum atomic E-state index is 10.9. The Morgan fingerprint density at radius 2 is 2.31 bits per heavy atom. The predicted molar refractivity (Wildman–Crippen MR) is 41.7 cm³/mol. The highest BCUT2D eigenvalue weighted by Crippen LogP contribution is 2.41. The van der Waals surface area contributed by atoms with Crippen LogP contribution in [0.15, 0.2) is 5.18 Å². The maximum Gasteiger partial charge on any atom is 0.306 e. The second kappa shape index (κ2) is 2.90. The number of ether oxygens (including phenoxy) is 1. The number of carbonyl (C=O) groups excluding carboxylic acids is 2. The summed E-state index contributed by atoms with van der Waals surface area (Å²) in [7, 11) is 0. The monoisotopic (exact) mass is 183 g/mol. The van der Waals surface area contributed by atoms with Crippen molar-refractivity contribution in [3.05, 3.63) is 4.91 Å². The molecule has 0 amide bonds. The van der Waals surface area contributed by atoms with Crippen molar-refractivity contribution in [2.24, 2.45) is 17.0 Å². The number of nitroso groups, excluding NO2 is 1. The third kappa shape index (κ3) is 1.15. The van der Waals surface area contributed by atoms with Crippen molar-refractivity contribution in [3.63, 3.8) is 0 Å². The first-order valence-corrected chi connectivity index (χ1v) is 4.23. The molecule has 1 saturated heterocycles. The largest absolute Gasteiger partial charge is 0.462 e. The first kappa shape index (κ1) is 8.34. The Balaban J connectivity index is 2.18. The molecule has 1 aliphatic carbocycles. The van der Waals surface area contributed by atoms with Crippen molar-refractivity contribution in [1.82, 2.24) is 0 Å². The number of fused-ring (bicyclic) bond motifs is 1. The summed E-state index contributed by atoms with van der Waals surface area (Å²) in [5.74, 6) is -0.812. The van der Waals surface area contributed by atoms with Crippen molar-refractivity contribution in [1.29, 1.82) is 0 Å². The topological polar surface area (TPSA) is 72.8 Å². The number of nitrogens with zero attached hydrogens (tertiary/aromatic N) is 1. The van der Waals surface area contributed by atoms with Crippen molar-refractivity contribution in [2.45, 2.75) is 25.0 Å². The van der Waals surface area contributed by atoms with Gasteiger partial charge in [-0.05, 0) is 0 Å². The summed E-state index contributed by atoms with van der Waals surface area (Å²) in [6.45, 7) is 0. The summed E-state index contributed by atoms with van der Waals surface area (Å²) >= 11 is 0. The Hall–Kier alpha value is -1.26. The molecule has 2 aliphatic rings. The number of carbonyl (C=O) groups is 2. The molecule has 13 heavy (non-hydrogen) atoms. The van der Waals surface area contributed by atoms with Gasteiger partial charge in [0.25, 0.3) is 0 Å². The molecule has 1 heterocycles. The quantitative estimate of drug-likeness (QED) is 0.350. The maximum absolute atomic E-state index is 10.9. The molecule has 0 bridgehead atoms. The van der Waals surface area contributed by atoms with Crippen LogP contribution in [0.25, 0.3) is 0 Å². The normalized spacial score (nSPS) is 42.6. The van der Waals surface area contributed by atoms with Gasteiger partial charge in [-0.1, -0.05) is 5.18 Å². The molecule has 0 spiro atoms. The number of esters is 1. The van der Waals surface area contributed by atoms with Gasteiger partial charge in [0.05, 0.1) is 6.42 Å². The summed E-state index contributed by atoms with van der Waals surface area (Å²) in [6, 6.07) is -0.499. The van der Waals surface area contributed by atoms with Crippen LogP contribution < -0.4 is 0 Å². The first-order valence-electron chi connectivity index (χ1n) is 4.23. The van der Waals surface area contributed by atoms with E-state index in [0.717, 1.165) is 6.29 Å². The van der Waals surface area contributed by atoms with Gasteiger partial charge < -0.3 is 9.53 Å². The molecule has 1 aliphatic heterocycles. The van der Waals surface area contributed by atoms with Gasteiger partial charge in [-0.15, -0.1) is 0 Å². The lowest BCUT2D eigenvalue weighted by Gasteiger charge is -2.09. The molecule has 0 N–H and O–H groups in total. The summed E-state index contributed by atoms with van der Waals surface area (Å²) in [5.41, 5.74) is 0. The van der Waals surface area contributed by atoms with E-state index < -0.39 is 12.0 Å². The Morgan fingerprint density at radius 1 is 1.54 bits per heavy atom. The van der Waals surface area contributed by atoms with E-state index in [-0.39, 0.29) is 24.4 Å². The standard InChI is InChI=1S/C8H9NO4/c10-3-5-4-1-8(11)13-7(4)2-6(5)9-12/h3-7H,1-2H2/t4-,5-,6-,7+/m1/s1. The van der Waals surface area contributed by atoms with Crippen LogP contribution in [0, 0.1) is 16.7 Å². The lowest BCUT2D eigenvalue weighted by Crippen LogP contribution is -2.19. The molecule has 5 heteroatoms. The van der Waals surface area contributed by atoms with Crippen LogP contribution in [0.4, 0.5) is 0 Å². The SMILES string of the molecule is O=C[C@@H]1[C@H]2CC(=O)O[C@H]2C[C@H]1N=O. The molecule has 0 radical (unpaired) electrons. The zero-order valence-corrected chi connectivity index (χ0v) is 6.88. The average molecular weight is 183 g/mol. The van der Waals surface area contributed by atoms with Crippen molar-refractivity contribution >= 4 is 12.3 Å². The van der Waals surface area contributed by atoms with E-state index in [0.29, 0.717) is 6.42 Å². The van der Waals surface area contributed by atoms with E-state index in [1.807, 2.05) is 0 Å². The van der Waals surface area contributed by atoms with Gasteiger partial charge in [0.1, 0.15) is 18.4 Å². The van der Waals surface area contributed by atoms with E-state index in [9.17, 15) is 14.5 Å². The zero-order chi connectivity index (χ0) is 9.42. The molecule has 1 saturated carbocycles. The van der Waals surface area contributed by atoms with Crippen LogP contribution >= 0.6 is 0 Å². The Bertz CT molecular complexity index is 265. The smallest absolute Gasteiger partial charge is 0.306 e. The van der Waals surface area contributed by atoms with Gasteiger partial charge in [-0.2, -0.15) is 4.91 Å². The lowest BCUT2D eigenvalue weighted by molar-refractivity contribution is -0.141. The highest BCUT2D eigenvalue weighted by atomic mass is 16.6.